The number of aliphatic hydroxyl groups excluding tert-OH is 2. The van der Waals surface area contributed by atoms with Gasteiger partial charge in [-0.2, -0.15) is 0 Å². The normalized spacial score (nSPS) is 13.0. The molecule has 4 nitrogen and oxygen atoms in total. The van der Waals surface area contributed by atoms with Gasteiger partial charge in [-0.15, -0.1) is 0 Å². The number of likely N-dealkylation sites (N-methyl/N-ethyl adjacent to an activating group) is 1. The molecule has 0 radical (unpaired) electrons. The molecule has 1 aromatic rings. The van der Waals surface area contributed by atoms with Gasteiger partial charge in [0, 0.05) is 17.8 Å². The zero-order chi connectivity index (χ0) is 12.8. The van der Waals surface area contributed by atoms with Crippen molar-refractivity contribution < 1.29 is 10.2 Å². The summed E-state index contributed by atoms with van der Waals surface area (Å²) < 4.78 is 0. The Balaban J connectivity index is 2.78. The maximum Gasteiger partial charge on any atom is 0.0917 e. The van der Waals surface area contributed by atoms with Gasteiger partial charge in [0.1, 0.15) is 0 Å². The Bertz CT molecular complexity index is 351. The van der Waals surface area contributed by atoms with E-state index in [1.54, 1.807) is 12.1 Å². The first-order chi connectivity index (χ1) is 8.12. The fraction of sp³-hybridized carbons (Fsp3) is 0.538. The second-order valence-electron chi connectivity index (χ2n) is 4.12. The van der Waals surface area contributed by atoms with Gasteiger partial charge >= 0.3 is 0 Å². The topological polar surface area (TPSA) is 69.7 Å². The Labute approximate surface area is 103 Å². The van der Waals surface area contributed by atoms with Crippen LogP contribution in [0.2, 0.25) is 0 Å². The molecular weight excluding hydrogens is 216 g/mol. The number of hydrogen-bond acceptors (Lipinski definition) is 4. The van der Waals surface area contributed by atoms with Crippen LogP contribution in [0, 0.1) is 0 Å². The van der Waals surface area contributed by atoms with Crippen LogP contribution in [0.25, 0.3) is 0 Å². The van der Waals surface area contributed by atoms with Crippen molar-refractivity contribution in [1.82, 2.24) is 4.90 Å². The van der Waals surface area contributed by atoms with E-state index in [0.29, 0.717) is 17.8 Å². The van der Waals surface area contributed by atoms with E-state index in [1.807, 2.05) is 6.07 Å². The summed E-state index contributed by atoms with van der Waals surface area (Å²) in [6.45, 7) is 6.46. The number of nitrogen functional groups attached to an aromatic ring is 1. The van der Waals surface area contributed by atoms with Crippen molar-refractivity contribution in [2.75, 3.05) is 25.4 Å². The number of benzene rings is 1. The molecule has 0 bridgehead atoms. The number of nitrogens with zero attached hydrogens (tertiary/aromatic N) is 1. The van der Waals surface area contributed by atoms with Gasteiger partial charge in [-0.25, -0.2) is 0 Å². The SMILES string of the molecule is CCN(CC)CC(O)c1ccc(N)c(CO)c1. The Kier molecular flexibility index (Phi) is 5.41. The van der Waals surface area contributed by atoms with Gasteiger partial charge in [-0.05, 0) is 30.8 Å². The zero-order valence-corrected chi connectivity index (χ0v) is 10.6. The molecule has 17 heavy (non-hydrogen) atoms. The summed E-state index contributed by atoms with van der Waals surface area (Å²) in [5.41, 5.74) is 7.73. The van der Waals surface area contributed by atoms with E-state index in [0.717, 1.165) is 18.7 Å². The minimum absolute atomic E-state index is 0.0995. The van der Waals surface area contributed by atoms with E-state index in [1.165, 1.54) is 0 Å². The highest BCUT2D eigenvalue weighted by molar-refractivity contribution is 5.48. The summed E-state index contributed by atoms with van der Waals surface area (Å²) >= 11 is 0. The number of nitrogens with two attached hydrogens (primary N) is 1. The summed E-state index contributed by atoms with van der Waals surface area (Å²) in [4.78, 5) is 2.15. The second-order valence-corrected chi connectivity index (χ2v) is 4.12. The number of rotatable bonds is 6. The van der Waals surface area contributed by atoms with Gasteiger partial charge in [-0.3, -0.25) is 0 Å². The highest BCUT2D eigenvalue weighted by Gasteiger charge is 2.12. The standard InChI is InChI=1S/C13H22N2O2/c1-3-15(4-2)8-13(17)10-5-6-12(14)11(7-10)9-16/h5-7,13,16-17H,3-4,8-9,14H2,1-2H3. The van der Waals surface area contributed by atoms with E-state index in [4.69, 9.17) is 10.8 Å². The summed E-state index contributed by atoms with van der Waals surface area (Å²) in [7, 11) is 0. The number of hydrogen-bond donors (Lipinski definition) is 3. The number of aliphatic hydroxyl groups is 2. The Morgan fingerprint density at radius 3 is 2.47 bits per heavy atom. The van der Waals surface area contributed by atoms with E-state index < -0.39 is 6.10 Å². The van der Waals surface area contributed by atoms with E-state index in [2.05, 4.69) is 18.7 Å². The average Bonchev–Trinajstić information content (AvgIpc) is 2.36. The van der Waals surface area contributed by atoms with Crippen molar-refractivity contribution in [2.24, 2.45) is 0 Å². The van der Waals surface area contributed by atoms with Crippen LogP contribution in [0.3, 0.4) is 0 Å². The molecule has 0 saturated carbocycles. The van der Waals surface area contributed by atoms with Crippen LogP contribution in [0.4, 0.5) is 5.69 Å². The molecule has 4 N–H and O–H groups in total. The van der Waals surface area contributed by atoms with Crippen LogP contribution in [0.5, 0.6) is 0 Å². The molecule has 1 unspecified atom stereocenters. The molecule has 1 rings (SSSR count). The highest BCUT2D eigenvalue weighted by Crippen LogP contribution is 2.20. The molecule has 0 aromatic heterocycles. The van der Waals surface area contributed by atoms with E-state index in [-0.39, 0.29) is 6.61 Å². The van der Waals surface area contributed by atoms with Gasteiger partial charge in [0.25, 0.3) is 0 Å². The summed E-state index contributed by atoms with van der Waals surface area (Å²) in [5, 5.41) is 19.2. The van der Waals surface area contributed by atoms with Crippen molar-refractivity contribution in [2.45, 2.75) is 26.6 Å². The molecular formula is C13H22N2O2. The summed E-state index contributed by atoms with van der Waals surface area (Å²) in [6.07, 6.45) is -0.541. The molecule has 0 saturated heterocycles. The van der Waals surface area contributed by atoms with Crippen LogP contribution < -0.4 is 5.73 Å². The predicted molar refractivity (Wildman–Crippen MR) is 69.5 cm³/mol. The Hall–Kier alpha value is -1.10. The monoisotopic (exact) mass is 238 g/mol. The smallest absolute Gasteiger partial charge is 0.0917 e. The van der Waals surface area contributed by atoms with E-state index >= 15 is 0 Å². The van der Waals surface area contributed by atoms with Crippen molar-refractivity contribution in [1.29, 1.82) is 0 Å². The highest BCUT2D eigenvalue weighted by atomic mass is 16.3. The molecule has 0 aliphatic carbocycles. The fourth-order valence-electron chi connectivity index (χ4n) is 1.80. The Morgan fingerprint density at radius 2 is 1.94 bits per heavy atom. The molecule has 0 amide bonds. The zero-order valence-electron chi connectivity index (χ0n) is 10.6. The molecule has 0 heterocycles. The first-order valence-electron chi connectivity index (χ1n) is 6.01. The van der Waals surface area contributed by atoms with Gasteiger partial charge in [0.05, 0.1) is 12.7 Å². The van der Waals surface area contributed by atoms with Gasteiger partial charge < -0.3 is 20.8 Å². The lowest BCUT2D eigenvalue weighted by atomic mass is 10.0. The lowest BCUT2D eigenvalue weighted by molar-refractivity contribution is 0.119. The summed E-state index contributed by atoms with van der Waals surface area (Å²) in [6, 6.07) is 5.30. The Morgan fingerprint density at radius 1 is 1.29 bits per heavy atom. The van der Waals surface area contributed by atoms with Crippen LogP contribution in [-0.2, 0) is 6.61 Å². The van der Waals surface area contributed by atoms with Crippen molar-refractivity contribution in [3.05, 3.63) is 29.3 Å². The van der Waals surface area contributed by atoms with E-state index in [9.17, 15) is 5.11 Å². The van der Waals surface area contributed by atoms with Crippen molar-refractivity contribution in [3.63, 3.8) is 0 Å². The van der Waals surface area contributed by atoms with Crippen molar-refractivity contribution in [3.8, 4) is 0 Å². The molecule has 96 valence electrons. The summed E-state index contributed by atoms with van der Waals surface area (Å²) in [5.74, 6) is 0. The van der Waals surface area contributed by atoms with Gasteiger partial charge in [0.2, 0.25) is 0 Å². The fourth-order valence-corrected chi connectivity index (χ4v) is 1.80. The minimum atomic E-state index is -0.541. The third-order valence-corrected chi connectivity index (χ3v) is 3.05. The molecule has 4 heteroatoms. The lowest BCUT2D eigenvalue weighted by Crippen LogP contribution is -2.28. The average molecular weight is 238 g/mol. The first kappa shape index (κ1) is 14.0. The third-order valence-electron chi connectivity index (χ3n) is 3.05. The lowest BCUT2D eigenvalue weighted by Gasteiger charge is -2.22. The first-order valence-corrected chi connectivity index (χ1v) is 6.01. The molecule has 0 spiro atoms. The largest absolute Gasteiger partial charge is 0.398 e. The molecule has 0 aliphatic heterocycles. The van der Waals surface area contributed by atoms with Crippen LogP contribution in [0.1, 0.15) is 31.1 Å². The van der Waals surface area contributed by atoms with Crippen molar-refractivity contribution >= 4 is 5.69 Å². The second kappa shape index (κ2) is 6.59. The van der Waals surface area contributed by atoms with Gasteiger partial charge in [0.15, 0.2) is 0 Å². The maximum absolute atomic E-state index is 10.1. The third kappa shape index (κ3) is 3.70. The van der Waals surface area contributed by atoms with Crippen LogP contribution in [0.15, 0.2) is 18.2 Å². The molecule has 1 aromatic carbocycles. The van der Waals surface area contributed by atoms with Crippen LogP contribution >= 0.6 is 0 Å². The predicted octanol–water partition coefficient (Wildman–Crippen LogP) is 1.14. The minimum Gasteiger partial charge on any atom is -0.398 e. The molecule has 0 fully saturated rings. The molecule has 0 aliphatic rings. The number of anilines is 1. The maximum atomic E-state index is 10.1. The van der Waals surface area contributed by atoms with Crippen LogP contribution in [-0.4, -0.2) is 34.7 Å². The molecule has 1 atom stereocenters. The quantitative estimate of drug-likeness (QED) is 0.650. The van der Waals surface area contributed by atoms with Gasteiger partial charge in [-0.1, -0.05) is 19.9 Å².